The van der Waals surface area contributed by atoms with Crippen molar-refractivity contribution < 1.29 is 14.3 Å². The summed E-state index contributed by atoms with van der Waals surface area (Å²) in [6, 6.07) is 7.96. The van der Waals surface area contributed by atoms with Crippen LogP contribution >= 0.6 is 0 Å². The van der Waals surface area contributed by atoms with Crippen LogP contribution in [0.4, 0.5) is 0 Å². The Hall–Kier alpha value is -2.04. The van der Waals surface area contributed by atoms with E-state index in [1.165, 1.54) is 12.8 Å². The fourth-order valence-electron chi connectivity index (χ4n) is 4.36. The summed E-state index contributed by atoms with van der Waals surface area (Å²) in [5.74, 6) is 0.915. The van der Waals surface area contributed by atoms with Gasteiger partial charge in [0.1, 0.15) is 11.4 Å². The van der Waals surface area contributed by atoms with Gasteiger partial charge >= 0.3 is 0 Å². The van der Waals surface area contributed by atoms with E-state index in [1.54, 1.807) is 4.90 Å². The van der Waals surface area contributed by atoms with Gasteiger partial charge in [0.2, 0.25) is 11.8 Å². The second kappa shape index (κ2) is 6.11. The largest absolute Gasteiger partial charge is 0.487 e. The Bertz CT molecular complexity index is 652. The first kappa shape index (κ1) is 15.5. The minimum absolute atomic E-state index is 0.0294. The molecule has 1 aliphatic carbocycles. The number of benzene rings is 1. The maximum absolute atomic E-state index is 12.5. The molecule has 24 heavy (non-hydrogen) atoms. The third-order valence-corrected chi connectivity index (χ3v) is 5.55. The van der Waals surface area contributed by atoms with Crippen LogP contribution in [-0.4, -0.2) is 35.4 Å². The Kier molecular flexibility index (Phi) is 3.94. The smallest absolute Gasteiger partial charge is 0.240 e. The van der Waals surface area contributed by atoms with Crippen molar-refractivity contribution >= 4 is 11.8 Å². The summed E-state index contributed by atoms with van der Waals surface area (Å²) in [4.78, 5) is 25.9. The van der Waals surface area contributed by atoms with Crippen LogP contribution in [0.3, 0.4) is 0 Å². The molecule has 0 radical (unpaired) electrons. The first-order chi connectivity index (χ1) is 11.7. The van der Waals surface area contributed by atoms with Gasteiger partial charge < -0.3 is 15.0 Å². The molecule has 5 heteroatoms. The number of para-hydroxylation sites is 1. The Morgan fingerprint density at radius 2 is 2.04 bits per heavy atom. The Labute approximate surface area is 142 Å². The van der Waals surface area contributed by atoms with Crippen molar-refractivity contribution in [2.24, 2.45) is 0 Å². The van der Waals surface area contributed by atoms with Gasteiger partial charge in [0.25, 0.3) is 0 Å². The topological polar surface area (TPSA) is 58.6 Å². The molecule has 2 heterocycles. The molecule has 1 saturated carbocycles. The molecule has 4 rings (SSSR count). The molecular weight excluding hydrogens is 304 g/mol. The van der Waals surface area contributed by atoms with Gasteiger partial charge in [0.05, 0.1) is 12.6 Å². The Morgan fingerprint density at radius 3 is 2.79 bits per heavy atom. The monoisotopic (exact) mass is 328 g/mol. The molecule has 1 atom stereocenters. The lowest BCUT2D eigenvalue weighted by atomic mass is 9.86. The number of carbonyl (C=O) groups is 2. The summed E-state index contributed by atoms with van der Waals surface area (Å²) in [6.07, 6.45) is 6.72. The van der Waals surface area contributed by atoms with Crippen LogP contribution in [-0.2, 0) is 9.59 Å². The molecule has 1 N–H and O–H groups in total. The van der Waals surface area contributed by atoms with E-state index in [0.717, 1.165) is 37.0 Å². The molecule has 0 bridgehead atoms. The van der Waals surface area contributed by atoms with Gasteiger partial charge in [0, 0.05) is 24.9 Å². The third-order valence-electron chi connectivity index (χ3n) is 5.55. The first-order valence-corrected chi connectivity index (χ1v) is 9.00. The Morgan fingerprint density at radius 1 is 1.25 bits per heavy atom. The molecule has 1 saturated heterocycles. The van der Waals surface area contributed by atoms with Gasteiger partial charge in [0.15, 0.2) is 0 Å². The number of carbonyl (C=O) groups excluding carboxylic acids is 2. The van der Waals surface area contributed by atoms with Crippen LogP contribution in [0.5, 0.6) is 5.75 Å². The van der Waals surface area contributed by atoms with Gasteiger partial charge in [-0.2, -0.15) is 0 Å². The lowest BCUT2D eigenvalue weighted by Gasteiger charge is -2.40. The number of hydrogen-bond donors (Lipinski definition) is 1. The van der Waals surface area contributed by atoms with Gasteiger partial charge in [-0.1, -0.05) is 18.2 Å². The number of amides is 2. The summed E-state index contributed by atoms with van der Waals surface area (Å²) in [5.41, 5.74) is 0.923. The van der Waals surface area contributed by atoms with Gasteiger partial charge in [-0.3, -0.25) is 9.59 Å². The molecule has 2 aliphatic heterocycles. The van der Waals surface area contributed by atoms with Crippen LogP contribution in [0.2, 0.25) is 0 Å². The highest BCUT2D eigenvalue weighted by Gasteiger charge is 2.43. The highest BCUT2D eigenvalue weighted by Crippen LogP contribution is 2.46. The molecule has 2 fully saturated rings. The number of rotatable bonds is 3. The molecule has 2 amide bonds. The number of nitrogens with zero attached hydrogens (tertiary/aromatic N) is 1. The Balaban J connectivity index is 1.50. The average Bonchev–Trinajstić information content (AvgIpc) is 3.17. The highest BCUT2D eigenvalue weighted by molar-refractivity contribution is 5.86. The standard InChI is InChI=1S/C19H24N2O3/c22-17(13-21-11-5-8-18(21)23)20-15-12-19(9-3-4-10-19)24-16-7-2-1-6-14(15)16/h1-2,6-7,15H,3-5,8-13H2,(H,20,22)/t15-/m0/s1. The van der Waals surface area contributed by atoms with E-state index in [0.29, 0.717) is 13.0 Å². The summed E-state index contributed by atoms with van der Waals surface area (Å²) < 4.78 is 6.33. The summed E-state index contributed by atoms with van der Waals surface area (Å²) in [6.45, 7) is 0.867. The minimum Gasteiger partial charge on any atom is -0.487 e. The molecule has 128 valence electrons. The molecule has 1 spiro atoms. The zero-order valence-electron chi connectivity index (χ0n) is 13.9. The van der Waals surface area contributed by atoms with Crippen molar-refractivity contribution in [3.8, 4) is 5.75 Å². The minimum atomic E-state index is -0.129. The lowest BCUT2D eigenvalue weighted by Crippen LogP contribution is -2.45. The molecule has 5 nitrogen and oxygen atoms in total. The predicted octanol–water partition coefficient (Wildman–Crippen LogP) is 2.56. The number of hydrogen-bond acceptors (Lipinski definition) is 3. The summed E-state index contributed by atoms with van der Waals surface area (Å²) in [7, 11) is 0. The molecule has 0 unspecified atom stereocenters. The molecule has 3 aliphatic rings. The average molecular weight is 328 g/mol. The number of likely N-dealkylation sites (tertiary alicyclic amines) is 1. The van der Waals surface area contributed by atoms with Crippen LogP contribution in [0, 0.1) is 0 Å². The zero-order chi connectivity index (χ0) is 16.6. The summed E-state index contributed by atoms with van der Waals surface area (Å²) >= 11 is 0. The highest BCUT2D eigenvalue weighted by atomic mass is 16.5. The van der Waals surface area contributed by atoms with E-state index < -0.39 is 0 Å². The molecular formula is C19H24N2O3. The molecule has 1 aromatic rings. The fraction of sp³-hybridized carbons (Fsp3) is 0.579. The second-order valence-corrected chi connectivity index (χ2v) is 7.27. The maximum atomic E-state index is 12.5. The quantitative estimate of drug-likeness (QED) is 0.928. The van der Waals surface area contributed by atoms with Crippen molar-refractivity contribution in [2.45, 2.75) is 56.6 Å². The van der Waals surface area contributed by atoms with Crippen molar-refractivity contribution in [3.63, 3.8) is 0 Å². The third kappa shape index (κ3) is 2.87. The van der Waals surface area contributed by atoms with Gasteiger partial charge in [-0.15, -0.1) is 0 Å². The van der Waals surface area contributed by atoms with Crippen LogP contribution in [0.25, 0.3) is 0 Å². The lowest BCUT2D eigenvalue weighted by molar-refractivity contribution is -0.133. The number of nitrogens with one attached hydrogen (secondary N) is 1. The van der Waals surface area contributed by atoms with Crippen LogP contribution in [0.15, 0.2) is 24.3 Å². The van der Waals surface area contributed by atoms with E-state index in [1.807, 2.05) is 24.3 Å². The summed E-state index contributed by atoms with van der Waals surface area (Å²) in [5, 5.41) is 3.16. The van der Waals surface area contributed by atoms with Crippen LogP contribution in [0.1, 0.15) is 56.6 Å². The molecule has 1 aromatic carbocycles. The van der Waals surface area contributed by atoms with E-state index >= 15 is 0 Å². The van der Waals surface area contributed by atoms with E-state index in [-0.39, 0.29) is 30.0 Å². The van der Waals surface area contributed by atoms with E-state index in [2.05, 4.69) is 5.32 Å². The molecule has 0 aromatic heterocycles. The van der Waals surface area contributed by atoms with E-state index in [4.69, 9.17) is 4.74 Å². The maximum Gasteiger partial charge on any atom is 0.240 e. The van der Waals surface area contributed by atoms with Crippen molar-refractivity contribution in [3.05, 3.63) is 29.8 Å². The second-order valence-electron chi connectivity index (χ2n) is 7.27. The van der Waals surface area contributed by atoms with E-state index in [9.17, 15) is 9.59 Å². The normalized spacial score (nSPS) is 24.8. The van der Waals surface area contributed by atoms with Crippen molar-refractivity contribution in [1.82, 2.24) is 10.2 Å². The van der Waals surface area contributed by atoms with Gasteiger partial charge in [-0.25, -0.2) is 0 Å². The number of fused-ring (bicyclic) bond motifs is 1. The predicted molar refractivity (Wildman–Crippen MR) is 89.6 cm³/mol. The van der Waals surface area contributed by atoms with Crippen LogP contribution < -0.4 is 10.1 Å². The van der Waals surface area contributed by atoms with Gasteiger partial charge in [-0.05, 0) is 38.2 Å². The number of ether oxygens (including phenoxy) is 1. The van der Waals surface area contributed by atoms with Crippen molar-refractivity contribution in [1.29, 1.82) is 0 Å². The zero-order valence-corrected chi connectivity index (χ0v) is 13.9. The first-order valence-electron chi connectivity index (χ1n) is 9.00. The fourth-order valence-corrected chi connectivity index (χ4v) is 4.36. The van der Waals surface area contributed by atoms with Crippen molar-refractivity contribution in [2.75, 3.05) is 13.1 Å². The SMILES string of the molecule is O=C(CN1CCCC1=O)N[C@H]1CC2(CCCC2)Oc2ccccc21.